The van der Waals surface area contributed by atoms with E-state index in [1.165, 1.54) is 5.56 Å². The van der Waals surface area contributed by atoms with E-state index in [1.807, 2.05) is 0 Å². The van der Waals surface area contributed by atoms with Crippen molar-refractivity contribution >= 4 is 11.6 Å². The van der Waals surface area contributed by atoms with Crippen LogP contribution in [0.3, 0.4) is 0 Å². The Kier molecular flexibility index (Phi) is 4.43. The van der Waals surface area contributed by atoms with Crippen molar-refractivity contribution in [2.45, 2.75) is 32.6 Å². The maximum atomic E-state index is 5.70. The lowest BCUT2D eigenvalue weighted by atomic mass is 10.0. The van der Waals surface area contributed by atoms with E-state index in [4.69, 9.17) is 16.0 Å². The summed E-state index contributed by atoms with van der Waals surface area (Å²) in [5.41, 5.74) is 2.41. The summed E-state index contributed by atoms with van der Waals surface area (Å²) in [5.74, 6) is 2.78. The number of alkyl halides is 1. The molecule has 0 unspecified atom stereocenters. The number of rotatable bonds is 5. The average molecular weight is 264 g/mol. The fraction of sp³-hybridized carbons (Fsp3) is 0.400. The van der Waals surface area contributed by atoms with Gasteiger partial charge in [0.2, 0.25) is 0 Å². The first kappa shape index (κ1) is 13.2. The Bertz CT molecular complexity index is 487. The van der Waals surface area contributed by atoms with Crippen molar-refractivity contribution in [2.24, 2.45) is 0 Å². The fourth-order valence-electron chi connectivity index (χ4n) is 1.81. The Balaban J connectivity index is 2.13. The molecule has 1 aromatic heterocycles. The summed E-state index contributed by atoms with van der Waals surface area (Å²) in [6.45, 7) is 4.38. The number of halogens is 1. The summed E-state index contributed by atoms with van der Waals surface area (Å²) in [6, 6.07) is 8.45. The van der Waals surface area contributed by atoms with Gasteiger partial charge in [-0.25, -0.2) is 4.98 Å². The number of hydrogen-bond acceptors (Lipinski definition) is 2. The van der Waals surface area contributed by atoms with Crippen LogP contribution in [0.15, 0.2) is 34.9 Å². The quantitative estimate of drug-likeness (QED) is 0.735. The first-order valence-corrected chi connectivity index (χ1v) is 6.85. The smallest absolute Gasteiger partial charge is 0.194 e. The minimum Gasteiger partial charge on any atom is -0.441 e. The molecule has 96 valence electrons. The highest BCUT2D eigenvalue weighted by molar-refractivity contribution is 6.17. The lowest BCUT2D eigenvalue weighted by Gasteiger charge is -2.05. The molecule has 2 rings (SSSR count). The highest BCUT2D eigenvalue weighted by Gasteiger charge is 2.06. The van der Waals surface area contributed by atoms with Crippen molar-refractivity contribution < 1.29 is 4.42 Å². The van der Waals surface area contributed by atoms with Crippen LogP contribution in [-0.4, -0.2) is 10.9 Å². The summed E-state index contributed by atoms with van der Waals surface area (Å²) in [7, 11) is 0. The Morgan fingerprint density at radius 3 is 2.56 bits per heavy atom. The normalized spacial score (nSPS) is 11.1. The van der Waals surface area contributed by atoms with E-state index < -0.39 is 0 Å². The molecule has 0 saturated carbocycles. The molecule has 0 aliphatic heterocycles. The SMILES string of the molecule is CC(C)c1ccc(-c2cnc(CCCCl)o2)cc1. The van der Waals surface area contributed by atoms with E-state index in [0.29, 0.717) is 11.8 Å². The van der Waals surface area contributed by atoms with E-state index in [-0.39, 0.29) is 0 Å². The van der Waals surface area contributed by atoms with Gasteiger partial charge in [0, 0.05) is 17.9 Å². The highest BCUT2D eigenvalue weighted by Crippen LogP contribution is 2.23. The number of aromatic nitrogens is 1. The van der Waals surface area contributed by atoms with E-state index in [2.05, 4.69) is 43.1 Å². The molecule has 0 aliphatic rings. The van der Waals surface area contributed by atoms with Crippen LogP contribution < -0.4 is 0 Å². The number of oxazole rings is 1. The molecule has 2 nitrogen and oxygen atoms in total. The van der Waals surface area contributed by atoms with Crippen LogP contribution in [0.25, 0.3) is 11.3 Å². The van der Waals surface area contributed by atoms with Crippen molar-refractivity contribution in [1.82, 2.24) is 4.98 Å². The first-order chi connectivity index (χ1) is 8.70. The van der Waals surface area contributed by atoms with Gasteiger partial charge in [-0.3, -0.25) is 0 Å². The van der Waals surface area contributed by atoms with Gasteiger partial charge in [0.15, 0.2) is 11.7 Å². The lowest BCUT2D eigenvalue weighted by molar-refractivity contribution is 0.503. The zero-order chi connectivity index (χ0) is 13.0. The summed E-state index contributed by atoms with van der Waals surface area (Å²) in [6.07, 6.45) is 3.48. The molecule has 0 saturated heterocycles. The van der Waals surface area contributed by atoms with Gasteiger partial charge in [0.1, 0.15) is 0 Å². The maximum absolute atomic E-state index is 5.70. The van der Waals surface area contributed by atoms with Crippen LogP contribution in [0.1, 0.15) is 37.6 Å². The van der Waals surface area contributed by atoms with Crippen molar-refractivity contribution in [3.63, 3.8) is 0 Å². The Hall–Kier alpha value is -1.28. The summed E-state index contributed by atoms with van der Waals surface area (Å²) < 4.78 is 5.70. The fourth-order valence-corrected chi connectivity index (χ4v) is 1.94. The Labute approximate surface area is 113 Å². The third-order valence-corrected chi connectivity index (χ3v) is 3.21. The van der Waals surface area contributed by atoms with Gasteiger partial charge in [-0.15, -0.1) is 11.6 Å². The number of nitrogens with zero attached hydrogens (tertiary/aromatic N) is 1. The number of hydrogen-bond donors (Lipinski definition) is 0. The molecule has 0 spiro atoms. The van der Waals surface area contributed by atoms with Crippen LogP contribution in [0, 0.1) is 0 Å². The molecule has 0 amide bonds. The second kappa shape index (κ2) is 6.05. The summed E-state index contributed by atoms with van der Waals surface area (Å²) in [5, 5.41) is 0. The highest BCUT2D eigenvalue weighted by atomic mass is 35.5. The molecular weight excluding hydrogens is 246 g/mol. The van der Waals surface area contributed by atoms with Gasteiger partial charge in [-0.05, 0) is 17.9 Å². The largest absolute Gasteiger partial charge is 0.441 e. The van der Waals surface area contributed by atoms with Crippen LogP contribution in [0.4, 0.5) is 0 Å². The van der Waals surface area contributed by atoms with Crippen molar-refractivity contribution in [3.8, 4) is 11.3 Å². The van der Waals surface area contributed by atoms with Crippen LogP contribution in [0.2, 0.25) is 0 Å². The van der Waals surface area contributed by atoms with E-state index in [1.54, 1.807) is 6.20 Å². The molecule has 2 aromatic rings. The van der Waals surface area contributed by atoms with Gasteiger partial charge >= 0.3 is 0 Å². The third-order valence-electron chi connectivity index (χ3n) is 2.94. The molecule has 0 N–H and O–H groups in total. The van der Waals surface area contributed by atoms with E-state index in [9.17, 15) is 0 Å². The summed E-state index contributed by atoms with van der Waals surface area (Å²) in [4.78, 5) is 4.26. The van der Waals surface area contributed by atoms with Gasteiger partial charge in [0.25, 0.3) is 0 Å². The monoisotopic (exact) mass is 263 g/mol. The van der Waals surface area contributed by atoms with Crippen LogP contribution in [0.5, 0.6) is 0 Å². The van der Waals surface area contributed by atoms with Crippen molar-refractivity contribution in [3.05, 3.63) is 41.9 Å². The summed E-state index contributed by atoms with van der Waals surface area (Å²) >= 11 is 5.65. The van der Waals surface area contributed by atoms with Gasteiger partial charge in [0.05, 0.1) is 6.20 Å². The molecule has 0 fully saturated rings. The number of aryl methyl sites for hydroxylation is 1. The molecule has 0 radical (unpaired) electrons. The Morgan fingerprint density at radius 1 is 1.22 bits per heavy atom. The average Bonchev–Trinajstić information content (AvgIpc) is 2.85. The Morgan fingerprint density at radius 2 is 1.94 bits per heavy atom. The second-order valence-corrected chi connectivity index (χ2v) is 5.07. The molecule has 0 atom stereocenters. The third kappa shape index (κ3) is 3.14. The molecule has 1 heterocycles. The molecular formula is C15H18ClNO. The predicted molar refractivity (Wildman–Crippen MR) is 75.1 cm³/mol. The zero-order valence-corrected chi connectivity index (χ0v) is 11.6. The van der Waals surface area contributed by atoms with Crippen LogP contribution in [-0.2, 0) is 6.42 Å². The molecule has 0 aliphatic carbocycles. The van der Waals surface area contributed by atoms with Gasteiger partial charge < -0.3 is 4.42 Å². The molecule has 1 aromatic carbocycles. The maximum Gasteiger partial charge on any atom is 0.194 e. The van der Waals surface area contributed by atoms with Crippen LogP contribution >= 0.6 is 11.6 Å². The lowest BCUT2D eigenvalue weighted by Crippen LogP contribution is -1.86. The predicted octanol–water partition coefficient (Wildman–Crippen LogP) is 4.64. The molecule has 3 heteroatoms. The standard InChI is InChI=1S/C15H18ClNO/c1-11(2)12-5-7-13(8-6-12)14-10-17-15(18-14)4-3-9-16/h5-8,10-11H,3-4,9H2,1-2H3. The zero-order valence-electron chi connectivity index (χ0n) is 10.8. The molecule has 0 bridgehead atoms. The van der Waals surface area contributed by atoms with E-state index in [0.717, 1.165) is 30.1 Å². The van der Waals surface area contributed by atoms with Gasteiger partial charge in [-0.1, -0.05) is 38.1 Å². The van der Waals surface area contributed by atoms with E-state index >= 15 is 0 Å². The molecule has 18 heavy (non-hydrogen) atoms. The van der Waals surface area contributed by atoms with Crippen molar-refractivity contribution in [1.29, 1.82) is 0 Å². The first-order valence-electron chi connectivity index (χ1n) is 6.31. The number of benzene rings is 1. The topological polar surface area (TPSA) is 26.0 Å². The van der Waals surface area contributed by atoms with Crippen molar-refractivity contribution in [2.75, 3.05) is 5.88 Å². The second-order valence-electron chi connectivity index (χ2n) is 4.69. The van der Waals surface area contributed by atoms with Gasteiger partial charge in [-0.2, -0.15) is 0 Å². The minimum atomic E-state index is 0.549. The minimum absolute atomic E-state index is 0.549.